The molecule has 0 saturated heterocycles. The molecule has 1 rings (SSSR count). The van der Waals surface area contributed by atoms with Crippen LogP contribution in [-0.4, -0.2) is 24.5 Å². The van der Waals surface area contributed by atoms with E-state index >= 15 is 0 Å². The molecule has 0 aliphatic heterocycles. The van der Waals surface area contributed by atoms with Gasteiger partial charge in [-0.25, -0.2) is 0 Å². The summed E-state index contributed by atoms with van der Waals surface area (Å²) >= 11 is 0. The highest BCUT2D eigenvalue weighted by Gasteiger charge is 2.40. The maximum Gasteiger partial charge on any atom is 0.416 e. The van der Waals surface area contributed by atoms with Gasteiger partial charge in [-0.3, -0.25) is 4.79 Å². The minimum atomic E-state index is -4.32. The van der Waals surface area contributed by atoms with Crippen LogP contribution in [0.25, 0.3) is 0 Å². The molecule has 7 heteroatoms. The second-order valence-electron chi connectivity index (χ2n) is 8.28. The van der Waals surface area contributed by atoms with Gasteiger partial charge in [-0.05, 0) is 55.2 Å². The van der Waals surface area contributed by atoms with Crippen LogP contribution in [0.15, 0.2) is 24.3 Å². The predicted molar refractivity (Wildman–Crippen MR) is 116 cm³/mol. The Hall–Kier alpha value is -1.50. The van der Waals surface area contributed by atoms with E-state index in [-0.39, 0.29) is 5.92 Å². The Morgan fingerprint density at radius 1 is 1.07 bits per heavy atom. The van der Waals surface area contributed by atoms with E-state index in [1.165, 1.54) is 12.1 Å². The highest BCUT2D eigenvalue weighted by atomic mass is 19.4. The summed E-state index contributed by atoms with van der Waals surface area (Å²) in [6.07, 6.45) is 2.86. The van der Waals surface area contributed by atoms with Crippen LogP contribution in [0, 0.1) is 11.8 Å². The summed E-state index contributed by atoms with van der Waals surface area (Å²) in [6.45, 7) is 4.06. The summed E-state index contributed by atoms with van der Waals surface area (Å²) in [5.41, 5.74) is 5.36. The maximum atomic E-state index is 12.7. The largest absolute Gasteiger partial charge is 0.480 e. The van der Waals surface area contributed by atoms with Crippen molar-refractivity contribution in [3.63, 3.8) is 0 Å². The van der Waals surface area contributed by atoms with Gasteiger partial charge in [-0.2, -0.15) is 13.2 Å². The molecule has 0 amide bonds. The lowest BCUT2D eigenvalue weighted by Gasteiger charge is -2.34. The lowest BCUT2D eigenvalue weighted by atomic mass is 9.74. The van der Waals surface area contributed by atoms with Crippen LogP contribution in [0.5, 0.6) is 0 Å². The molecule has 0 fully saturated rings. The fourth-order valence-corrected chi connectivity index (χ4v) is 4.09. The SMILES string of the molecule is [B]CCCCC(N)(C(=O)O)C(CC)CCC(CC)CCc1ccc(C(F)(F)F)cc1. The average molecular weight is 425 g/mol. The molecule has 0 heterocycles. The smallest absolute Gasteiger partial charge is 0.416 e. The number of aliphatic carboxylic acids is 1. The van der Waals surface area contributed by atoms with Crippen molar-refractivity contribution in [1.82, 2.24) is 0 Å². The van der Waals surface area contributed by atoms with Crippen LogP contribution in [0.1, 0.15) is 76.3 Å². The van der Waals surface area contributed by atoms with Gasteiger partial charge in [0, 0.05) is 0 Å². The number of carboxylic acid groups (broad SMARTS) is 1. The fourth-order valence-electron chi connectivity index (χ4n) is 4.09. The number of unbranched alkanes of at least 4 members (excludes halogenated alkanes) is 1. The number of aryl methyl sites for hydroxylation is 1. The van der Waals surface area contributed by atoms with Crippen LogP contribution < -0.4 is 5.73 Å². The molecule has 1 aromatic carbocycles. The molecule has 1 aromatic rings. The molecule has 168 valence electrons. The van der Waals surface area contributed by atoms with E-state index in [2.05, 4.69) is 6.92 Å². The van der Waals surface area contributed by atoms with Gasteiger partial charge in [-0.1, -0.05) is 64.4 Å². The lowest BCUT2D eigenvalue weighted by Crippen LogP contribution is -2.54. The van der Waals surface area contributed by atoms with Crippen LogP contribution >= 0.6 is 0 Å². The molecule has 3 atom stereocenters. The van der Waals surface area contributed by atoms with Crippen LogP contribution in [0.2, 0.25) is 6.32 Å². The van der Waals surface area contributed by atoms with Crippen molar-refractivity contribution in [2.75, 3.05) is 0 Å². The number of alkyl halides is 3. The molecule has 0 aromatic heterocycles. The second kappa shape index (κ2) is 12.4. The highest BCUT2D eigenvalue weighted by molar-refractivity contribution is 6.08. The quantitative estimate of drug-likeness (QED) is 0.283. The first kappa shape index (κ1) is 26.5. The Kier molecular flexibility index (Phi) is 11.0. The summed E-state index contributed by atoms with van der Waals surface area (Å²) in [6, 6.07) is 5.33. The van der Waals surface area contributed by atoms with Crippen molar-refractivity contribution < 1.29 is 23.1 Å². The summed E-state index contributed by atoms with van der Waals surface area (Å²) in [5.74, 6) is -0.694. The number of hydrogen-bond acceptors (Lipinski definition) is 2. The van der Waals surface area contributed by atoms with Gasteiger partial charge >= 0.3 is 12.1 Å². The topological polar surface area (TPSA) is 63.3 Å². The molecule has 0 aliphatic rings. The third-order valence-corrected chi connectivity index (χ3v) is 6.29. The minimum absolute atomic E-state index is 0.118. The lowest BCUT2D eigenvalue weighted by molar-refractivity contribution is -0.146. The molecule has 3 N–H and O–H groups in total. The van der Waals surface area contributed by atoms with Gasteiger partial charge in [0.05, 0.1) is 13.4 Å². The molecule has 3 unspecified atom stereocenters. The van der Waals surface area contributed by atoms with E-state index in [1.54, 1.807) is 0 Å². The van der Waals surface area contributed by atoms with E-state index < -0.39 is 23.2 Å². The van der Waals surface area contributed by atoms with E-state index in [4.69, 9.17) is 13.6 Å². The van der Waals surface area contributed by atoms with Crippen molar-refractivity contribution in [2.24, 2.45) is 17.6 Å². The zero-order chi connectivity index (χ0) is 22.8. The zero-order valence-corrected chi connectivity index (χ0v) is 18.2. The first-order chi connectivity index (χ1) is 14.1. The molecular formula is C23H35BF3NO2. The van der Waals surface area contributed by atoms with Gasteiger partial charge in [0.15, 0.2) is 0 Å². The Morgan fingerprint density at radius 2 is 1.70 bits per heavy atom. The number of nitrogens with two attached hydrogens (primary N) is 1. The van der Waals surface area contributed by atoms with Crippen molar-refractivity contribution >= 4 is 13.8 Å². The van der Waals surface area contributed by atoms with Crippen LogP contribution in [0.4, 0.5) is 13.2 Å². The van der Waals surface area contributed by atoms with Crippen molar-refractivity contribution in [1.29, 1.82) is 0 Å². The molecule has 0 saturated carbocycles. The standard InChI is InChI=1S/C23H35BF3NO2/c1-3-17(7-8-18-10-13-20(14-11-18)23(25,26)27)9-12-19(4-2)22(28,21(29)30)15-5-6-16-24/h10-11,13-14,17,19H,3-9,12,15-16,28H2,1-2H3,(H,29,30). The Balaban J connectivity index is 2.66. The predicted octanol–water partition coefficient (Wildman–Crippen LogP) is 6.01. The number of carbonyl (C=O) groups is 1. The van der Waals surface area contributed by atoms with E-state index in [0.717, 1.165) is 49.8 Å². The Bertz CT molecular complexity index is 636. The monoisotopic (exact) mass is 425 g/mol. The maximum absolute atomic E-state index is 12.7. The Morgan fingerprint density at radius 3 is 2.17 bits per heavy atom. The van der Waals surface area contributed by atoms with E-state index in [1.807, 2.05) is 6.92 Å². The van der Waals surface area contributed by atoms with Gasteiger partial charge in [0.1, 0.15) is 5.54 Å². The minimum Gasteiger partial charge on any atom is -0.480 e. The molecule has 0 spiro atoms. The van der Waals surface area contributed by atoms with Crippen molar-refractivity contribution in [3.8, 4) is 0 Å². The molecule has 0 bridgehead atoms. The summed E-state index contributed by atoms with van der Waals surface area (Å²) < 4.78 is 38.1. The molecule has 30 heavy (non-hydrogen) atoms. The first-order valence-corrected chi connectivity index (χ1v) is 11.0. The van der Waals surface area contributed by atoms with E-state index in [0.29, 0.717) is 37.9 Å². The fraction of sp³-hybridized carbons (Fsp3) is 0.696. The number of halogens is 3. The van der Waals surface area contributed by atoms with Crippen LogP contribution in [-0.2, 0) is 17.4 Å². The normalized spacial score (nSPS) is 16.1. The van der Waals surface area contributed by atoms with Gasteiger partial charge < -0.3 is 10.8 Å². The van der Waals surface area contributed by atoms with Gasteiger partial charge in [0.25, 0.3) is 0 Å². The van der Waals surface area contributed by atoms with Gasteiger partial charge in [-0.15, -0.1) is 0 Å². The third-order valence-electron chi connectivity index (χ3n) is 6.29. The molecular weight excluding hydrogens is 390 g/mol. The van der Waals surface area contributed by atoms with E-state index in [9.17, 15) is 23.1 Å². The third kappa shape index (κ3) is 7.97. The molecule has 0 aliphatic carbocycles. The van der Waals surface area contributed by atoms with Crippen molar-refractivity contribution in [2.45, 2.75) is 89.7 Å². The second-order valence-corrected chi connectivity index (χ2v) is 8.28. The first-order valence-electron chi connectivity index (χ1n) is 11.0. The summed E-state index contributed by atoms with van der Waals surface area (Å²) in [5, 5.41) is 9.75. The van der Waals surface area contributed by atoms with Crippen LogP contribution in [0.3, 0.4) is 0 Å². The zero-order valence-electron chi connectivity index (χ0n) is 18.2. The number of rotatable bonds is 14. The highest BCUT2D eigenvalue weighted by Crippen LogP contribution is 2.32. The molecule has 2 radical (unpaired) electrons. The number of carboxylic acids is 1. The molecule has 3 nitrogen and oxygen atoms in total. The average Bonchev–Trinajstić information content (AvgIpc) is 2.70. The Labute approximate surface area is 180 Å². The van der Waals surface area contributed by atoms with Crippen molar-refractivity contribution in [3.05, 3.63) is 35.4 Å². The van der Waals surface area contributed by atoms with Gasteiger partial charge in [0.2, 0.25) is 0 Å². The summed E-state index contributed by atoms with van der Waals surface area (Å²) in [7, 11) is 5.53. The summed E-state index contributed by atoms with van der Waals surface area (Å²) in [4.78, 5) is 11.9. The number of hydrogen-bond donors (Lipinski definition) is 2. The number of benzene rings is 1.